The van der Waals surface area contributed by atoms with Gasteiger partial charge in [0.25, 0.3) is 5.91 Å². The lowest BCUT2D eigenvalue weighted by atomic mass is 10.0. The van der Waals surface area contributed by atoms with Crippen LogP contribution >= 0.6 is 11.6 Å². The predicted octanol–water partition coefficient (Wildman–Crippen LogP) is 2.54. The Morgan fingerprint density at radius 3 is 2.38 bits per heavy atom. The van der Waals surface area contributed by atoms with Crippen molar-refractivity contribution in [3.8, 4) is 6.07 Å². The number of halogens is 1. The van der Waals surface area contributed by atoms with Gasteiger partial charge in [-0.2, -0.15) is 5.26 Å². The normalized spacial score (nSPS) is 11.0. The first-order valence-electron chi connectivity index (χ1n) is 8.60. The van der Waals surface area contributed by atoms with Gasteiger partial charge >= 0.3 is 12.0 Å². The highest BCUT2D eigenvalue weighted by Crippen LogP contribution is 2.20. The second-order valence-electron chi connectivity index (χ2n) is 5.95. The first-order valence-corrected chi connectivity index (χ1v) is 8.98. The van der Waals surface area contributed by atoms with Crippen LogP contribution in [0, 0.1) is 11.3 Å². The average molecular weight is 415 g/mol. The van der Waals surface area contributed by atoms with Crippen molar-refractivity contribution < 1.29 is 19.1 Å². The molecule has 0 radical (unpaired) electrons. The number of para-hydroxylation sites is 1. The second kappa shape index (κ2) is 10.7. The quantitative estimate of drug-likeness (QED) is 0.507. The Hall–Kier alpha value is -3.57. The minimum absolute atomic E-state index is 0.184. The zero-order valence-corrected chi connectivity index (χ0v) is 16.1. The molecule has 0 spiro atoms. The first kappa shape index (κ1) is 21.7. The molecule has 3 amide bonds. The molecule has 0 heterocycles. The molecule has 2 aromatic carbocycles. The van der Waals surface area contributed by atoms with Gasteiger partial charge in [-0.3, -0.25) is 14.5 Å². The van der Waals surface area contributed by atoms with Crippen molar-refractivity contribution in [1.29, 1.82) is 5.26 Å². The maximum atomic E-state index is 12.4. The van der Waals surface area contributed by atoms with Crippen LogP contribution in [0.1, 0.15) is 18.0 Å². The number of urea groups is 1. The van der Waals surface area contributed by atoms with Gasteiger partial charge in [-0.1, -0.05) is 41.9 Å². The summed E-state index contributed by atoms with van der Waals surface area (Å²) in [6.45, 7) is -0.726. The highest BCUT2D eigenvalue weighted by molar-refractivity contribution is 6.30. The molecule has 0 aliphatic heterocycles. The highest BCUT2D eigenvalue weighted by Gasteiger charge is 2.21. The van der Waals surface area contributed by atoms with Gasteiger partial charge in [-0.15, -0.1) is 0 Å². The Morgan fingerprint density at radius 2 is 1.79 bits per heavy atom. The van der Waals surface area contributed by atoms with Crippen LogP contribution in [0.5, 0.6) is 0 Å². The van der Waals surface area contributed by atoms with Crippen molar-refractivity contribution in [2.45, 2.75) is 12.5 Å². The van der Waals surface area contributed by atoms with Gasteiger partial charge in [-0.05, 0) is 29.8 Å². The van der Waals surface area contributed by atoms with E-state index in [0.717, 1.165) is 0 Å². The number of anilines is 1. The van der Waals surface area contributed by atoms with E-state index in [0.29, 0.717) is 16.3 Å². The van der Waals surface area contributed by atoms with E-state index in [4.69, 9.17) is 27.3 Å². The molecule has 3 N–H and O–H groups in total. The Morgan fingerprint density at radius 1 is 1.14 bits per heavy atom. The number of hydrogen-bond donors (Lipinski definition) is 2. The third-order valence-electron chi connectivity index (χ3n) is 3.91. The standard InChI is InChI=1S/C20H19ClN4O4/c21-15-8-6-14(7-9-15)17(24-20(23)28)12-19(27)29-13-18(26)25(11-10-22)16-4-2-1-3-5-16/h1-9,17H,11-13H2,(H3,23,24,28)/t17-/m0/s1. The highest BCUT2D eigenvalue weighted by atomic mass is 35.5. The molecule has 0 aromatic heterocycles. The molecule has 2 aromatic rings. The number of carbonyl (C=O) groups excluding carboxylic acids is 3. The van der Waals surface area contributed by atoms with Crippen LogP contribution in [0.4, 0.5) is 10.5 Å². The van der Waals surface area contributed by atoms with Crippen molar-refractivity contribution in [1.82, 2.24) is 5.32 Å². The predicted molar refractivity (Wildman–Crippen MR) is 107 cm³/mol. The molecule has 29 heavy (non-hydrogen) atoms. The molecule has 0 bridgehead atoms. The summed E-state index contributed by atoms with van der Waals surface area (Å²) in [6.07, 6.45) is -0.235. The molecular weight excluding hydrogens is 396 g/mol. The van der Waals surface area contributed by atoms with Crippen molar-refractivity contribution >= 4 is 35.2 Å². The van der Waals surface area contributed by atoms with Gasteiger partial charge < -0.3 is 15.8 Å². The fourth-order valence-corrected chi connectivity index (χ4v) is 2.69. The third kappa shape index (κ3) is 6.83. The van der Waals surface area contributed by atoms with Crippen LogP contribution < -0.4 is 16.0 Å². The number of primary amides is 1. The molecule has 0 saturated carbocycles. The Kier molecular flexibility index (Phi) is 8.00. The van der Waals surface area contributed by atoms with Crippen LogP contribution in [0.25, 0.3) is 0 Å². The number of nitriles is 1. The maximum absolute atomic E-state index is 12.4. The smallest absolute Gasteiger partial charge is 0.312 e. The van der Waals surface area contributed by atoms with Crippen molar-refractivity contribution in [3.63, 3.8) is 0 Å². The van der Waals surface area contributed by atoms with Crippen LogP contribution in [-0.2, 0) is 14.3 Å². The lowest BCUT2D eigenvalue weighted by molar-refractivity contribution is -0.148. The Balaban J connectivity index is 2.00. The Labute approximate surface area is 172 Å². The van der Waals surface area contributed by atoms with Gasteiger partial charge in [0.2, 0.25) is 0 Å². The number of benzene rings is 2. The molecule has 0 saturated heterocycles. The zero-order valence-electron chi connectivity index (χ0n) is 15.4. The zero-order chi connectivity index (χ0) is 21.2. The van der Waals surface area contributed by atoms with Gasteiger partial charge in [0.1, 0.15) is 6.54 Å². The fourth-order valence-electron chi connectivity index (χ4n) is 2.57. The summed E-state index contributed by atoms with van der Waals surface area (Å²) >= 11 is 5.85. The van der Waals surface area contributed by atoms with E-state index in [1.54, 1.807) is 54.6 Å². The van der Waals surface area contributed by atoms with Gasteiger partial charge in [-0.25, -0.2) is 4.79 Å². The molecule has 9 heteroatoms. The van der Waals surface area contributed by atoms with Crippen LogP contribution in [-0.4, -0.2) is 31.1 Å². The molecule has 1 atom stereocenters. The van der Waals surface area contributed by atoms with Gasteiger partial charge in [0, 0.05) is 10.7 Å². The van der Waals surface area contributed by atoms with Crippen LogP contribution in [0.2, 0.25) is 5.02 Å². The maximum Gasteiger partial charge on any atom is 0.312 e. The van der Waals surface area contributed by atoms with Crippen molar-refractivity contribution in [2.75, 3.05) is 18.1 Å². The number of nitrogens with one attached hydrogen (secondary N) is 1. The molecule has 8 nitrogen and oxygen atoms in total. The summed E-state index contributed by atoms with van der Waals surface area (Å²) in [4.78, 5) is 37.1. The molecule has 0 unspecified atom stereocenters. The van der Waals surface area contributed by atoms with E-state index in [2.05, 4.69) is 5.32 Å². The summed E-state index contributed by atoms with van der Waals surface area (Å²) in [6, 6.07) is 15.4. The molecule has 0 aliphatic carbocycles. The first-order chi connectivity index (χ1) is 13.9. The second-order valence-corrected chi connectivity index (χ2v) is 6.39. The van der Waals surface area contributed by atoms with E-state index in [1.807, 2.05) is 6.07 Å². The van der Waals surface area contributed by atoms with E-state index < -0.39 is 30.6 Å². The summed E-state index contributed by atoms with van der Waals surface area (Å²) < 4.78 is 5.05. The van der Waals surface area contributed by atoms with E-state index >= 15 is 0 Å². The number of hydrogen-bond acceptors (Lipinski definition) is 5. The van der Waals surface area contributed by atoms with Crippen LogP contribution in [0.3, 0.4) is 0 Å². The van der Waals surface area contributed by atoms with Crippen molar-refractivity contribution in [3.05, 3.63) is 65.2 Å². The SMILES string of the molecule is N#CCN(C(=O)COC(=O)C[C@H](NC(N)=O)c1ccc(Cl)cc1)c1ccccc1. The number of ether oxygens (including phenoxy) is 1. The number of nitrogens with zero attached hydrogens (tertiary/aromatic N) is 2. The third-order valence-corrected chi connectivity index (χ3v) is 4.17. The van der Waals surface area contributed by atoms with Crippen LogP contribution in [0.15, 0.2) is 54.6 Å². The number of esters is 1. The summed E-state index contributed by atoms with van der Waals surface area (Å²) in [7, 11) is 0. The minimum Gasteiger partial charge on any atom is -0.455 e. The van der Waals surface area contributed by atoms with Gasteiger partial charge in [0.05, 0.1) is 18.5 Å². The topological polar surface area (TPSA) is 126 Å². The molecule has 150 valence electrons. The van der Waals surface area contributed by atoms with E-state index in [9.17, 15) is 14.4 Å². The minimum atomic E-state index is -0.807. The van der Waals surface area contributed by atoms with Gasteiger partial charge in [0.15, 0.2) is 6.61 Å². The molecular formula is C20H19ClN4O4. The average Bonchev–Trinajstić information content (AvgIpc) is 2.70. The monoisotopic (exact) mass is 414 g/mol. The Bertz CT molecular complexity index is 897. The number of rotatable bonds is 8. The van der Waals surface area contributed by atoms with E-state index in [-0.39, 0.29) is 13.0 Å². The molecule has 2 rings (SSSR count). The summed E-state index contributed by atoms with van der Waals surface area (Å²) in [5, 5.41) is 11.9. The van der Waals surface area contributed by atoms with E-state index in [1.165, 1.54) is 4.90 Å². The molecule has 0 fully saturated rings. The fraction of sp³-hybridized carbons (Fsp3) is 0.200. The largest absolute Gasteiger partial charge is 0.455 e. The lowest BCUT2D eigenvalue weighted by Gasteiger charge is -2.20. The summed E-state index contributed by atoms with van der Waals surface area (Å²) in [5.41, 5.74) is 6.30. The number of nitrogens with two attached hydrogens (primary N) is 1. The van der Waals surface area contributed by atoms with Crippen molar-refractivity contribution in [2.24, 2.45) is 5.73 Å². The molecule has 0 aliphatic rings. The number of carbonyl (C=O) groups is 3. The lowest BCUT2D eigenvalue weighted by Crippen LogP contribution is -2.37. The summed E-state index contributed by atoms with van der Waals surface area (Å²) in [5.74, 6) is -1.26. The number of amides is 3.